The van der Waals surface area contributed by atoms with Crippen LogP contribution in [0.3, 0.4) is 0 Å². The molecule has 6 heteroatoms. The summed E-state index contributed by atoms with van der Waals surface area (Å²) >= 11 is 1.81. The summed E-state index contributed by atoms with van der Waals surface area (Å²) in [4.78, 5) is 0. The average molecular weight is 300 g/mol. The third-order valence-electron chi connectivity index (χ3n) is 3.27. The number of nitrogens with two attached hydrogens (primary N) is 1. The lowest BCUT2D eigenvalue weighted by molar-refractivity contribution is 0.367. The lowest BCUT2D eigenvalue weighted by atomic mass is 10.1. The summed E-state index contributed by atoms with van der Waals surface area (Å²) in [6.45, 7) is 3.07. The van der Waals surface area contributed by atoms with Crippen molar-refractivity contribution in [3.8, 4) is 0 Å². The van der Waals surface area contributed by atoms with Crippen LogP contribution in [0.1, 0.15) is 18.1 Å². The van der Waals surface area contributed by atoms with E-state index in [0.717, 1.165) is 22.6 Å². The molecule has 19 heavy (non-hydrogen) atoms. The quantitative estimate of drug-likeness (QED) is 0.913. The average Bonchev–Trinajstić information content (AvgIpc) is 2.39. The normalized spacial score (nSPS) is 21.5. The van der Waals surface area contributed by atoms with Crippen LogP contribution in [0.5, 0.6) is 0 Å². The number of thioether (sulfide) groups is 1. The van der Waals surface area contributed by atoms with E-state index in [9.17, 15) is 8.42 Å². The Morgan fingerprint density at radius 1 is 1.32 bits per heavy atom. The smallest absolute Gasteiger partial charge is 0.218 e. The van der Waals surface area contributed by atoms with Gasteiger partial charge in [0.15, 0.2) is 0 Å². The Hall–Kier alpha value is -0.560. The molecule has 4 nitrogen and oxygen atoms in total. The zero-order chi connectivity index (χ0) is 13.9. The fraction of sp³-hybridized carbons (Fsp3) is 0.538. The Kier molecular flexibility index (Phi) is 4.89. The molecule has 0 radical (unpaired) electrons. The molecule has 0 amide bonds. The molecular formula is C13H20N2O2S2. The first kappa shape index (κ1) is 14.8. The highest BCUT2D eigenvalue weighted by molar-refractivity contribution is 7.99. The molecule has 0 aliphatic carbocycles. The molecule has 0 bridgehead atoms. The molecule has 1 aliphatic heterocycles. The Balaban J connectivity index is 2.11. The van der Waals surface area contributed by atoms with Crippen LogP contribution < -0.4 is 5.73 Å². The fourth-order valence-corrected chi connectivity index (χ4v) is 5.19. The predicted octanol–water partition coefficient (Wildman–Crippen LogP) is 1.41. The van der Waals surface area contributed by atoms with Gasteiger partial charge in [-0.05, 0) is 18.1 Å². The summed E-state index contributed by atoms with van der Waals surface area (Å²) < 4.78 is 26.5. The summed E-state index contributed by atoms with van der Waals surface area (Å²) in [5.74, 6) is 1.84. The predicted molar refractivity (Wildman–Crippen MR) is 80.5 cm³/mol. The van der Waals surface area contributed by atoms with Crippen LogP contribution in [0.15, 0.2) is 24.3 Å². The Morgan fingerprint density at radius 2 is 1.95 bits per heavy atom. The van der Waals surface area contributed by atoms with E-state index in [4.69, 9.17) is 5.73 Å². The van der Waals surface area contributed by atoms with Crippen LogP contribution in [0.25, 0.3) is 0 Å². The fourth-order valence-electron chi connectivity index (χ4n) is 2.19. The molecule has 1 fully saturated rings. The van der Waals surface area contributed by atoms with E-state index in [-0.39, 0.29) is 11.8 Å². The maximum absolute atomic E-state index is 12.4. The van der Waals surface area contributed by atoms with Crippen LogP contribution in [-0.2, 0) is 22.3 Å². The maximum Gasteiger partial charge on any atom is 0.218 e. The van der Waals surface area contributed by atoms with Crippen LogP contribution >= 0.6 is 11.8 Å². The molecule has 1 atom stereocenters. The van der Waals surface area contributed by atoms with Gasteiger partial charge in [0.1, 0.15) is 0 Å². The zero-order valence-electron chi connectivity index (χ0n) is 11.1. The monoisotopic (exact) mass is 300 g/mol. The van der Waals surface area contributed by atoms with E-state index in [2.05, 4.69) is 0 Å². The van der Waals surface area contributed by atoms with Gasteiger partial charge in [-0.15, -0.1) is 0 Å². The molecule has 1 unspecified atom stereocenters. The number of rotatable bonds is 4. The van der Waals surface area contributed by atoms with Crippen molar-refractivity contribution in [3.05, 3.63) is 35.4 Å². The lowest BCUT2D eigenvalue weighted by Gasteiger charge is -2.32. The minimum Gasteiger partial charge on any atom is -0.326 e. The maximum atomic E-state index is 12.4. The first-order valence-corrected chi connectivity index (χ1v) is 9.14. The van der Waals surface area contributed by atoms with Gasteiger partial charge in [0, 0.05) is 30.6 Å². The Morgan fingerprint density at radius 3 is 2.53 bits per heavy atom. The summed E-state index contributed by atoms with van der Waals surface area (Å²) in [6, 6.07) is 7.57. The summed E-state index contributed by atoms with van der Waals surface area (Å²) in [6.07, 6.45) is 0. The third-order valence-corrected chi connectivity index (χ3v) is 6.42. The Bertz CT molecular complexity index is 514. The van der Waals surface area contributed by atoms with Gasteiger partial charge in [0.25, 0.3) is 0 Å². The zero-order valence-corrected chi connectivity index (χ0v) is 12.7. The van der Waals surface area contributed by atoms with E-state index >= 15 is 0 Å². The van der Waals surface area contributed by atoms with E-state index in [1.54, 1.807) is 4.31 Å². The summed E-state index contributed by atoms with van der Waals surface area (Å²) in [5.41, 5.74) is 7.37. The molecule has 1 aromatic rings. The highest BCUT2D eigenvalue weighted by Crippen LogP contribution is 2.21. The van der Waals surface area contributed by atoms with Gasteiger partial charge in [0.05, 0.1) is 5.75 Å². The minimum atomic E-state index is -3.22. The number of sulfonamides is 1. The second kappa shape index (κ2) is 6.26. The van der Waals surface area contributed by atoms with Gasteiger partial charge in [-0.25, -0.2) is 8.42 Å². The summed E-state index contributed by atoms with van der Waals surface area (Å²) in [5, 5.41) is 0. The lowest BCUT2D eigenvalue weighted by Crippen LogP contribution is -2.44. The number of benzene rings is 1. The molecule has 1 aromatic carbocycles. The van der Waals surface area contributed by atoms with Crippen molar-refractivity contribution in [1.82, 2.24) is 4.31 Å². The number of hydrogen-bond acceptors (Lipinski definition) is 4. The molecule has 2 rings (SSSR count). The van der Waals surface area contributed by atoms with Crippen molar-refractivity contribution in [2.45, 2.75) is 25.3 Å². The van der Waals surface area contributed by atoms with Gasteiger partial charge >= 0.3 is 0 Å². The van der Waals surface area contributed by atoms with E-state index in [1.807, 2.05) is 43.0 Å². The second-order valence-corrected chi connectivity index (χ2v) is 7.88. The highest BCUT2D eigenvalue weighted by Gasteiger charge is 2.29. The summed E-state index contributed by atoms with van der Waals surface area (Å²) in [7, 11) is -3.22. The standard InChI is InChI=1S/C13H20N2O2S2/c1-11-9-18-7-6-15(11)19(16,17)10-13-4-2-12(8-14)3-5-13/h2-5,11H,6-10,14H2,1H3. The van der Waals surface area contributed by atoms with Gasteiger partial charge < -0.3 is 5.73 Å². The van der Waals surface area contributed by atoms with Crippen LogP contribution in [0.2, 0.25) is 0 Å². The van der Waals surface area contributed by atoms with Crippen molar-refractivity contribution in [3.63, 3.8) is 0 Å². The largest absolute Gasteiger partial charge is 0.326 e. The molecule has 1 heterocycles. The van der Waals surface area contributed by atoms with Crippen LogP contribution in [-0.4, -0.2) is 36.8 Å². The molecular weight excluding hydrogens is 280 g/mol. The molecule has 106 valence electrons. The molecule has 2 N–H and O–H groups in total. The van der Waals surface area contributed by atoms with E-state index < -0.39 is 10.0 Å². The minimum absolute atomic E-state index is 0.0762. The first-order chi connectivity index (χ1) is 9.03. The van der Waals surface area contributed by atoms with Gasteiger partial charge in [-0.2, -0.15) is 16.1 Å². The van der Waals surface area contributed by atoms with Crippen molar-refractivity contribution < 1.29 is 8.42 Å². The highest BCUT2D eigenvalue weighted by atomic mass is 32.2. The topological polar surface area (TPSA) is 63.4 Å². The molecule has 1 aliphatic rings. The molecule has 1 saturated heterocycles. The molecule has 0 aromatic heterocycles. The van der Waals surface area contributed by atoms with Crippen molar-refractivity contribution in [2.75, 3.05) is 18.1 Å². The van der Waals surface area contributed by atoms with Gasteiger partial charge in [-0.3, -0.25) is 0 Å². The molecule has 0 spiro atoms. The molecule has 0 saturated carbocycles. The third kappa shape index (κ3) is 3.72. The van der Waals surface area contributed by atoms with Crippen LogP contribution in [0.4, 0.5) is 0 Å². The Labute approximate surface area is 119 Å². The first-order valence-electron chi connectivity index (χ1n) is 6.38. The van der Waals surface area contributed by atoms with Gasteiger partial charge in [0.2, 0.25) is 10.0 Å². The van der Waals surface area contributed by atoms with Crippen LogP contribution in [0, 0.1) is 0 Å². The van der Waals surface area contributed by atoms with Crippen molar-refractivity contribution in [1.29, 1.82) is 0 Å². The number of nitrogens with zero attached hydrogens (tertiary/aromatic N) is 1. The van der Waals surface area contributed by atoms with E-state index in [1.165, 1.54) is 0 Å². The van der Waals surface area contributed by atoms with Crippen molar-refractivity contribution >= 4 is 21.8 Å². The second-order valence-electron chi connectivity index (χ2n) is 4.81. The van der Waals surface area contributed by atoms with E-state index in [0.29, 0.717) is 13.1 Å². The number of hydrogen-bond donors (Lipinski definition) is 1. The van der Waals surface area contributed by atoms with Crippen molar-refractivity contribution in [2.24, 2.45) is 5.73 Å². The SMILES string of the molecule is CC1CSCCN1S(=O)(=O)Cc1ccc(CN)cc1. The van der Waals surface area contributed by atoms with Gasteiger partial charge in [-0.1, -0.05) is 24.3 Å².